The summed E-state index contributed by atoms with van der Waals surface area (Å²) < 4.78 is 1.88. The van der Waals surface area contributed by atoms with Gasteiger partial charge in [0.05, 0.1) is 23.0 Å². The molecular formula is C30H31N3O. The zero-order valence-corrected chi connectivity index (χ0v) is 19.8. The van der Waals surface area contributed by atoms with E-state index in [1.807, 2.05) is 18.7 Å². The van der Waals surface area contributed by atoms with E-state index >= 15 is 0 Å². The summed E-state index contributed by atoms with van der Waals surface area (Å²) in [5, 5.41) is 15.5. The number of hydrogen-bond donors (Lipinski definition) is 1. The van der Waals surface area contributed by atoms with E-state index in [4.69, 9.17) is 0 Å². The van der Waals surface area contributed by atoms with Crippen LogP contribution in [0.4, 0.5) is 0 Å². The number of aryl methyl sites for hydroxylation is 2. The van der Waals surface area contributed by atoms with Gasteiger partial charge >= 0.3 is 0 Å². The van der Waals surface area contributed by atoms with Crippen molar-refractivity contribution in [2.75, 3.05) is 13.1 Å². The fourth-order valence-electron chi connectivity index (χ4n) is 5.34. The summed E-state index contributed by atoms with van der Waals surface area (Å²) in [7, 11) is 1.95. The van der Waals surface area contributed by atoms with Crippen molar-refractivity contribution < 1.29 is 5.11 Å². The third kappa shape index (κ3) is 4.00. The van der Waals surface area contributed by atoms with Gasteiger partial charge in [-0.25, -0.2) is 0 Å². The molecule has 1 aliphatic heterocycles. The molecule has 34 heavy (non-hydrogen) atoms. The number of likely N-dealkylation sites (tertiary alicyclic amines) is 1. The zero-order valence-electron chi connectivity index (χ0n) is 19.8. The van der Waals surface area contributed by atoms with Gasteiger partial charge in [-0.2, -0.15) is 5.10 Å². The molecule has 5 rings (SSSR count). The first-order chi connectivity index (χ1) is 16.6. The number of hydrogen-bond acceptors (Lipinski definition) is 3. The van der Waals surface area contributed by atoms with Crippen molar-refractivity contribution in [2.45, 2.75) is 25.0 Å². The Kier molecular flexibility index (Phi) is 6.18. The van der Waals surface area contributed by atoms with E-state index in [0.29, 0.717) is 13.0 Å². The van der Waals surface area contributed by atoms with Crippen LogP contribution in [0.2, 0.25) is 0 Å². The number of nitrogens with zero attached hydrogens (tertiary/aromatic N) is 3. The smallest absolute Gasteiger partial charge is 0.0975 e. The Hall–Kier alpha value is -3.47. The van der Waals surface area contributed by atoms with Crippen molar-refractivity contribution >= 4 is 6.08 Å². The lowest BCUT2D eigenvalue weighted by Gasteiger charge is -2.48. The second-order valence-electron chi connectivity index (χ2n) is 9.09. The number of aliphatic hydroxyl groups is 1. The molecule has 4 aromatic rings. The Bertz CT molecular complexity index is 1170. The van der Waals surface area contributed by atoms with Gasteiger partial charge in [0.1, 0.15) is 0 Å². The summed E-state index contributed by atoms with van der Waals surface area (Å²) in [6.07, 6.45) is 2.32. The molecule has 0 saturated carbocycles. The van der Waals surface area contributed by atoms with Crippen molar-refractivity contribution in [1.29, 1.82) is 0 Å². The summed E-state index contributed by atoms with van der Waals surface area (Å²) in [6, 6.07) is 34.3. The maximum Gasteiger partial charge on any atom is 0.0975 e. The number of aromatic nitrogens is 2. The first-order valence-corrected chi connectivity index (χ1v) is 11.9. The fourth-order valence-corrected chi connectivity index (χ4v) is 5.34. The normalized spacial score (nSPS) is 18.3. The molecule has 2 heterocycles. The van der Waals surface area contributed by atoms with Gasteiger partial charge in [-0.15, -0.1) is 0 Å². The molecule has 172 valence electrons. The summed E-state index contributed by atoms with van der Waals surface area (Å²) >= 11 is 0. The highest BCUT2D eigenvalue weighted by Gasteiger charge is 2.44. The SMILES string of the molecule is Cc1cc(/C=C2/CN(C(c3ccccc3)(c3ccccc3)c3ccccc3)CCC2O)n(C)n1. The molecule has 1 unspecified atom stereocenters. The highest BCUT2D eigenvalue weighted by atomic mass is 16.3. The molecule has 0 radical (unpaired) electrons. The quantitative estimate of drug-likeness (QED) is 0.427. The lowest BCUT2D eigenvalue weighted by atomic mass is 9.74. The first kappa shape index (κ1) is 22.3. The molecule has 3 aromatic carbocycles. The summed E-state index contributed by atoms with van der Waals surface area (Å²) in [4.78, 5) is 2.52. The minimum atomic E-state index is -0.481. The van der Waals surface area contributed by atoms with Gasteiger partial charge in [0.25, 0.3) is 0 Å². The Labute approximate surface area is 201 Å². The van der Waals surface area contributed by atoms with Crippen LogP contribution in [0.1, 0.15) is 34.5 Å². The predicted molar refractivity (Wildman–Crippen MR) is 137 cm³/mol. The van der Waals surface area contributed by atoms with Gasteiger partial charge in [-0.3, -0.25) is 9.58 Å². The summed E-state index contributed by atoms with van der Waals surface area (Å²) in [6.45, 7) is 3.43. The molecule has 0 aliphatic carbocycles. The van der Waals surface area contributed by atoms with E-state index in [1.165, 1.54) is 16.7 Å². The van der Waals surface area contributed by atoms with E-state index in [9.17, 15) is 5.11 Å². The molecule has 1 saturated heterocycles. The molecule has 1 atom stereocenters. The fraction of sp³-hybridized carbons (Fsp3) is 0.233. The molecular weight excluding hydrogens is 418 g/mol. The molecule has 1 aromatic heterocycles. The van der Waals surface area contributed by atoms with E-state index in [-0.39, 0.29) is 0 Å². The Morgan fingerprint density at radius 2 is 1.35 bits per heavy atom. The predicted octanol–water partition coefficient (Wildman–Crippen LogP) is 5.17. The second kappa shape index (κ2) is 9.41. The van der Waals surface area contributed by atoms with E-state index in [1.54, 1.807) is 0 Å². The van der Waals surface area contributed by atoms with Gasteiger partial charge in [-0.05, 0) is 47.8 Å². The lowest BCUT2D eigenvalue weighted by Crippen LogP contribution is -2.52. The molecule has 1 fully saturated rings. The van der Waals surface area contributed by atoms with Crippen LogP contribution in [-0.4, -0.2) is 39.0 Å². The maximum atomic E-state index is 11.0. The van der Waals surface area contributed by atoms with Crippen LogP contribution >= 0.6 is 0 Å². The van der Waals surface area contributed by atoms with Crippen LogP contribution in [0.15, 0.2) is 103 Å². The van der Waals surface area contributed by atoms with Crippen LogP contribution in [0.5, 0.6) is 0 Å². The Balaban J connectivity index is 1.70. The third-order valence-electron chi connectivity index (χ3n) is 6.89. The van der Waals surface area contributed by atoms with Crippen molar-refractivity contribution in [3.63, 3.8) is 0 Å². The minimum Gasteiger partial charge on any atom is -0.389 e. The second-order valence-corrected chi connectivity index (χ2v) is 9.09. The molecule has 1 N–H and O–H groups in total. The minimum absolute atomic E-state index is 0.466. The van der Waals surface area contributed by atoms with Gasteiger partial charge in [-0.1, -0.05) is 91.0 Å². The van der Waals surface area contributed by atoms with Crippen LogP contribution in [0.25, 0.3) is 6.08 Å². The van der Waals surface area contributed by atoms with Crippen LogP contribution < -0.4 is 0 Å². The Morgan fingerprint density at radius 3 is 1.79 bits per heavy atom. The number of piperidine rings is 1. The average Bonchev–Trinajstić information content (AvgIpc) is 3.20. The highest BCUT2D eigenvalue weighted by Crippen LogP contribution is 2.44. The number of aliphatic hydroxyl groups excluding tert-OH is 1. The average molecular weight is 450 g/mol. The van der Waals surface area contributed by atoms with Crippen LogP contribution in [0.3, 0.4) is 0 Å². The summed E-state index contributed by atoms with van der Waals surface area (Å²) in [5.74, 6) is 0. The van der Waals surface area contributed by atoms with Crippen LogP contribution in [-0.2, 0) is 12.6 Å². The van der Waals surface area contributed by atoms with Crippen molar-refractivity contribution in [2.24, 2.45) is 7.05 Å². The largest absolute Gasteiger partial charge is 0.389 e. The van der Waals surface area contributed by atoms with Crippen molar-refractivity contribution in [1.82, 2.24) is 14.7 Å². The van der Waals surface area contributed by atoms with Crippen molar-refractivity contribution in [3.05, 3.63) is 131 Å². The molecule has 4 nitrogen and oxygen atoms in total. The van der Waals surface area contributed by atoms with Gasteiger partial charge in [0, 0.05) is 20.1 Å². The number of rotatable bonds is 5. The third-order valence-corrected chi connectivity index (χ3v) is 6.89. The maximum absolute atomic E-state index is 11.0. The Morgan fingerprint density at radius 1 is 0.853 bits per heavy atom. The topological polar surface area (TPSA) is 41.3 Å². The molecule has 0 amide bonds. The van der Waals surface area contributed by atoms with E-state index < -0.39 is 11.6 Å². The van der Waals surface area contributed by atoms with Gasteiger partial charge < -0.3 is 5.11 Å². The first-order valence-electron chi connectivity index (χ1n) is 11.9. The van der Waals surface area contributed by atoms with Crippen LogP contribution in [0, 0.1) is 6.92 Å². The zero-order chi connectivity index (χ0) is 23.5. The lowest BCUT2D eigenvalue weighted by molar-refractivity contribution is 0.0871. The monoisotopic (exact) mass is 449 g/mol. The van der Waals surface area contributed by atoms with Gasteiger partial charge in [0.2, 0.25) is 0 Å². The molecule has 0 bridgehead atoms. The molecule has 0 spiro atoms. The van der Waals surface area contributed by atoms with Crippen molar-refractivity contribution in [3.8, 4) is 0 Å². The molecule has 4 heteroatoms. The van der Waals surface area contributed by atoms with Gasteiger partial charge in [0.15, 0.2) is 0 Å². The van der Waals surface area contributed by atoms with E-state index in [0.717, 1.165) is 23.5 Å². The number of benzene rings is 3. The summed E-state index contributed by atoms with van der Waals surface area (Å²) in [5.41, 5.74) is 6.19. The highest BCUT2D eigenvalue weighted by molar-refractivity contribution is 5.54. The standard InChI is InChI=1S/C30H31N3O/c1-23-20-28(32(2)31-23)21-24-22-33(19-18-29(24)34)30(25-12-6-3-7-13-25,26-14-8-4-9-15-26)27-16-10-5-11-17-27/h3-17,20-21,29,34H,18-19,22H2,1-2H3/b24-21-. The molecule has 1 aliphatic rings. The van der Waals surface area contributed by atoms with E-state index in [2.05, 4.69) is 113 Å².